The van der Waals surface area contributed by atoms with Gasteiger partial charge in [-0.15, -0.1) is 0 Å². The van der Waals surface area contributed by atoms with Gasteiger partial charge in [-0.05, 0) is 67.1 Å². The lowest BCUT2D eigenvalue weighted by molar-refractivity contribution is 0.104. The van der Waals surface area contributed by atoms with E-state index in [1.807, 2.05) is 48.5 Å². The minimum atomic E-state index is -3.87. The standard InChI is InChI=1S/C31H39N3O5S/c1-39-29-16-18-30(19-17-29)40(37,38)34(22-26-12-8-9-13-26)24-28(35)23-33(21-20-25-10-4-2-5-11-25)31(36)32-27-14-6-3-7-15-27/h2-7,10-11,14-19,26,28,35H,8-9,12-13,20-24H2,1H3,(H,32,36)/t28-/m0/s1. The molecule has 1 fully saturated rings. The third-order valence-corrected chi connectivity index (χ3v) is 9.15. The molecule has 2 N–H and O–H groups in total. The molecule has 214 valence electrons. The first-order chi connectivity index (χ1) is 19.3. The predicted molar refractivity (Wildman–Crippen MR) is 157 cm³/mol. The summed E-state index contributed by atoms with van der Waals surface area (Å²) in [5.74, 6) is 0.815. The van der Waals surface area contributed by atoms with Gasteiger partial charge in [0.25, 0.3) is 0 Å². The number of amides is 2. The number of hydrogen-bond donors (Lipinski definition) is 2. The molecule has 0 aliphatic heterocycles. The van der Waals surface area contributed by atoms with E-state index >= 15 is 0 Å². The van der Waals surface area contributed by atoms with E-state index in [0.29, 0.717) is 30.9 Å². The Morgan fingerprint density at radius 2 is 1.57 bits per heavy atom. The molecule has 0 saturated heterocycles. The number of anilines is 1. The Kier molecular flexibility index (Phi) is 10.6. The van der Waals surface area contributed by atoms with Crippen molar-refractivity contribution in [1.82, 2.24) is 9.21 Å². The molecule has 0 radical (unpaired) electrons. The smallest absolute Gasteiger partial charge is 0.321 e. The molecule has 0 bridgehead atoms. The zero-order chi connectivity index (χ0) is 28.4. The number of methoxy groups -OCH3 is 1. The number of nitrogens with zero attached hydrogens (tertiary/aromatic N) is 2. The lowest BCUT2D eigenvalue weighted by Crippen LogP contribution is -2.47. The molecule has 1 saturated carbocycles. The lowest BCUT2D eigenvalue weighted by Gasteiger charge is -2.30. The van der Waals surface area contributed by atoms with Gasteiger partial charge < -0.3 is 20.1 Å². The minimum Gasteiger partial charge on any atom is -0.497 e. The van der Waals surface area contributed by atoms with Crippen molar-refractivity contribution in [3.63, 3.8) is 0 Å². The number of sulfonamides is 1. The second kappa shape index (κ2) is 14.3. The van der Waals surface area contributed by atoms with Crippen LogP contribution in [0.2, 0.25) is 0 Å². The first-order valence-corrected chi connectivity index (χ1v) is 15.3. The Bertz CT molecular complexity index is 1300. The maximum atomic E-state index is 13.7. The molecule has 0 unspecified atom stereocenters. The third-order valence-electron chi connectivity index (χ3n) is 7.30. The summed E-state index contributed by atoms with van der Waals surface area (Å²) in [6.07, 6.45) is 3.62. The van der Waals surface area contributed by atoms with Crippen LogP contribution < -0.4 is 10.1 Å². The summed E-state index contributed by atoms with van der Waals surface area (Å²) in [7, 11) is -2.34. The van der Waals surface area contributed by atoms with Crippen LogP contribution in [0.15, 0.2) is 89.8 Å². The number of benzene rings is 3. The molecule has 9 heteroatoms. The minimum absolute atomic E-state index is 0.00913. The number of rotatable bonds is 13. The van der Waals surface area contributed by atoms with Crippen LogP contribution in [0.4, 0.5) is 10.5 Å². The summed E-state index contributed by atoms with van der Waals surface area (Å²) < 4.78 is 34.0. The topological polar surface area (TPSA) is 99.2 Å². The van der Waals surface area contributed by atoms with Gasteiger partial charge in [0.2, 0.25) is 10.0 Å². The van der Waals surface area contributed by atoms with Gasteiger partial charge in [0, 0.05) is 31.9 Å². The number of hydrogen-bond acceptors (Lipinski definition) is 5. The average molecular weight is 566 g/mol. The molecule has 3 aromatic carbocycles. The maximum Gasteiger partial charge on any atom is 0.321 e. The Morgan fingerprint density at radius 3 is 2.20 bits per heavy atom. The van der Waals surface area contributed by atoms with Gasteiger partial charge in [0.15, 0.2) is 0 Å². The Morgan fingerprint density at radius 1 is 0.950 bits per heavy atom. The third kappa shape index (κ3) is 8.30. The van der Waals surface area contributed by atoms with Crippen LogP contribution >= 0.6 is 0 Å². The van der Waals surface area contributed by atoms with Crippen LogP contribution in [0.5, 0.6) is 5.75 Å². The number of para-hydroxylation sites is 1. The van der Waals surface area contributed by atoms with Crippen molar-refractivity contribution in [2.45, 2.75) is 43.1 Å². The SMILES string of the molecule is COc1ccc(S(=O)(=O)N(CC2CCCC2)C[C@@H](O)CN(CCc2ccccc2)C(=O)Nc2ccccc2)cc1. The normalized spacial score (nSPS) is 14.7. The molecule has 40 heavy (non-hydrogen) atoms. The van der Waals surface area contributed by atoms with Crippen LogP contribution in [0, 0.1) is 5.92 Å². The highest BCUT2D eigenvalue weighted by atomic mass is 32.2. The summed E-state index contributed by atoms with van der Waals surface area (Å²) in [4.78, 5) is 15.0. The second-order valence-electron chi connectivity index (χ2n) is 10.3. The fourth-order valence-corrected chi connectivity index (χ4v) is 6.66. The predicted octanol–water partition coefficient (Wildman–Crippen LogP) is 5.01. The van der Waals surface area contributed by atoms with Gasteiger partial charge in [-0.1, -0.05) is 61.4 Å². The number of carbonyl (C=O) groups excluding carboxylic acids is 1. The van der Waals surface area contributed by atoms with E-state index in [1.54, 1.807) is 29.2 Å². The molecule has 3 aromatic rings. The molecular weight excluding hydrogens is 526 g/mol. The van der Waals surface area contributed by atoms with Crippen LogP contribution in [0.1, 0.15) is 31.2 Å². The van der Waals surface area contributed by atoms with Crippen molar-refractivity contribution in [1.29, 1.82) is 0 Å². The van der Waals surface area contributed by atoms with Gasteiger partial charge in [-0.2, -0.15) is 4.31 Å². The summed E-state index contributed by atoms with van der Waals surface area (Å²) in [5.41, 5.74) is 1.72. The number of aliphatic hydroxyl groups is 1. The summed E-state index contributed by atoms with van der Waals surface area (Å²) in [6.45, 7) is 0.593. The molecule has 1 aliphatic rings. The van der Waals surface area contributed by atoms with Crippen molar-refractivity contribution < 1.29 is 23.1 Å². The van der Waals surface area contributed by atoms with Crippen LogP contribution in [0.3, 0.4) is 0 Å². The van der Waals surface area contributed by atoms with Crippen molar-refractivity contribution in [3.05, 3.63) is 90.5 Å². The largest absolute Gasteiger partial charge is 0.497 e. The molecule has 4 rings (SSSR count). The van der Waals surface area contributed by atoms with Crippen LogP contribution in [-0.4, -0.2) is 68.2 Å². The maximum absolute atomic E-state index is 13.7. The molecule has 1 aliphatic carbocycles. The molecule has 8 nitrogen and oxygen atoms in total. The average Bonchev–Trinajstić information content (AvgIpc) is 3.49. The van der Waals surface area contributed by atoms with Crippen molar-refractivity contribution in [2.24, 2.45) is 5.92 Å². The zero-order valence-corrected chi connectivity index (χ0v) is 23.8. The second-order valence-corrected chi connectivity index (χ2v) is 12.2. The molecule has 0 heterocycles. The number of ether oxygens (including phenoxy) is 1. The van der Waals surface area contributed by atoms with Gasteiger partial charge in [-0.25, -0.2) is 13.2 Å². The zero-order valence-electron chi connectivity index (χ0n) is 23.0. The highest BCUT2D eigenvalue weighted by Gasteiger charge is 2.31. The van der Waals surface area contributed by atoms with Crippen molar-refractivity contribution in [3.8, 4) is 5.75 Å². The van der Waals surface area contributed by atoms with E-state index in [1.165, 1.54) is 23.5 Å². The van der Waals surface area contributed by atoms with E-state index in [0.717, 1.165) is 31.2 Å². The molecule has 0 spiro atoms. The number of urea groups is 1. The fourth-order valence-electron chi connectivity index (χ4n) is 5.10. The molecule has 0 aromatic heterocycles. The van der Waals surface area contributed by atoms with E-state index in [9.17, 15) is 18.3 Å². The van der Waals surface area contributed by atoms with E-state index in [-0.39, 0.29) is 29.9 Å². The van der Waals surface area contributed by atoms with Crippen LogP contribution in [0.25, 0.3) is 0 Å². The Hall–Kier alpha value is -3.40. The monoisotopic (exact) mass is 565 g/mol. The highest BCUT2D eigenvalue weighted by Crippen LogP contribution is 2.28. The van der Waals surface area contributed by atoms with E-state index < -0.39 is 16.1 Å². The Labute approximate surface area is 237 Å². The summed E-state index contributed by atoms with van der Waals surface area (Å²) in [5, 5.41) is 14.1. The lowest BCUT2D eigenvalue weighted by atomic mass is 10.1. The molecular formula is C31H39N3O5S. The van der Waals surface area contributed by atoms with Gasteiger partial charge in [0.05, 0.1) is 18.1 Å². The van der Waals surface area contributed by atoms with Gasteiger partial charge >= 0.3 is 6.03 Å². The number of carbonyl (C=O) groups is 1. The first-order valence-electron chi connectivity index (χ1n) is 13.8. The number of nitrogens with one attached hydrogen (secondary N) is 1. The molecule has 2 amide bonds. The van der Waals surface area contributed by atoms with Gasteiger partial charge in [-0.3, -0.25) is 0 Å². The van der Waals surface area contributed by atoms with E-state index in [4.69, 9.17) is 4.74 Å². The molecule has 1 atom stereocenters. The van der Waals surface area contributed by atoms with Crippen molar-refractivity contribution in [2.75, 3.05) is 38.6 Å². The quantitative estimate of drug-likeness (QED) is 0.303. The Balaban J connectivity index is 1.50. The van der Waals surface area contributed by atoms with Crippen molar-refractivity contribution >= 4 is 21.7 Å². The van der Waals surface area contributed by atoms with E-state index in [2.05, 4.69) is 5.32 Å². The fraction of sp³-hybridized carbons (Fsp3) is 0.387. The first kappa shape index (κ1) is 29.6. The summed E-state index contributed by atoms with van der Waals surface area (Å²) in [6, 6.07) is 24.9. The highest BCUT2D eigenvalue weighted by molar-refractivity contribution is 7.89. The number of aliphatic hydroxyl groups excluding tert-OH is 1. The van der Waals surface area contributed by atoms with Gasteiger partial charge in [0.1, 0.15) is 5.75 Å². The van der Waals surface area contributed by atoms with Crippen LogP contribution in [-0.2, 0) is 16.4 Å². The summed E-state index contributed by atoms with van der Waals surface area (Å²) >= 11 is 0.